The van der Waals surface area contributed by atoms with Crippen molar-refractivity contribution in [3.05, 3.63) is 101 Å². The average molecular weight is 677 g/mol. The second-order valence-corrected chi connectivity index (χ2v) is 14.6. The van der Waals surface area contributed by atoms with Crippen LogP contribution in [0.1, 0.15) is 91.4 Å². The monoisotopic (exact) mass is 676 g/mol. The summed E-state index contributed by atoms with van der Waals surface area (Å²) in [6.45, 7) is 0.435. The molecule has 4 saturated carbocycles. The predicted octanol–water partition coefficient (Wildman–Crippen LogP) is 5.67. The molecule has 3 amide bonds. The van der Waals surface area contributed by atoms with Gasteiger partial charge in [-0.1, -0.05) is 30.3 Å². The Morgan fingerprint density at radius 1 is 0.780 bits per heavy atom. The number of hydrogen-bond donors (Lipinski definition) is 5. The molecule has 1 atom stereocenters. The number of nitrogens with zero attached hydrogens (tertiary/aromatic N) is 1. The first-order valence-corrected chi connectivity index (χ1v) is 17.1. The minimum atomic E-state index is -1.34. The van der Waals surface area contributed by atoms with Gasteiger partial charge >= 0.3 is 11.9 Å². The zero-order chi connectivity index (χ0) is 35.2. The van der Waals surface area contributed by atoms with Gasteiger partial charge in [0, 0.05) is 42.9 Å². The summed E-state index contributed by atoms with van der Waals surface area (Å²) >= 11 is 0. The molecule has 8 rings (SSSR count). The number of nitrogens with one attached hydrogen (secondary N) is 3. The van der Waals surface area contributed by atoms with Crippen LogP contribution < -0.4 is 16.0 Å². The fourth-order valence-corrected chi connectivity index (χ4v) is 9.07. The molecule has 1 unspecified atom stereocenters. The summed E-state index contributed by atoms with van der Waals surface area (Å²) < 4.78 is 1.88. The number of hydrogen-bond acceptors (Lipinski definition) is 5. The van der Waals surface area contributed by atoms with Crippen LogP contribution in [-0.4, -0.2) is 57.5 Å². The van der Waals surface area contributed by atoms with E-state index in [1.165, 1.54) is 31.4 Å². The topological polar surface area (TPSA) is 167 Å². The maximum absolute atomic E-state index is 14.0. The number of carbonyl (C=O) groups excluding carboxylic acids is 3. The van der Waals surface area contributed by atoms with E-state index in [0.717, 1.165) is 54.0 Å². The Morgan fingerprint density at radius 3 is 1.96 bits per heavy atom. The van der Waals surface area contributed by atoms with E-state index in [4.69, 9.17) is 0 Å². The highest BCUT2D eigenvalue weighted by atomic mass is 16.4. The molecular formula is C39H40N4O7. The van der Waals surface area contributed by atoms with Gasteiger partial charge < -0.3 is 30.7 Å². The number of rotatable bonds is 11. The molecule has 0 saturated heterocycles. The van der Waals surface area contributed by atoms with E-state index >= 15 is 0 Å². The SMILES string of the molecule is Cn1ccc2cc(C(=O)NCC34CC5CC(CC(C5)C3)C4)c(C(=O)NCC(C(=O)Nc3cc(C(=O)O)cc(C(=O)O)c3)c3ccccc3)cc21. The Balaban J connectivity index is 1.12. The largest absolute Gasteiger partial charge is 0.478 e. The molecule has 4 fully saturated rings. The minimum Gasteiger partial charge on any atom is -0.478 e. The van der Waals surface area contributed by atoms with Gasteiger partial charge in [0.1, 0.15) is 0 Å². The van der Waals surface area contributed by atoms with Gasteiger partial charge in [0.15, 0.2) is 0 Å². The smallest absolute Gasteiger partial charge is 0.335 e. The Hall–Kier alpha value is -5.45. The summed E-state index contributed by atoms with van der Waals surface area (Å²) in [6.07, 6.45) is 9.23. The quantitative estimate of drug-likeness (QED) is 0.136. The molecule has 4 aliphatic carbocycles. The maximum atomic E-state index is 14.0. The second-order valence-electron chi connectivity index (χ2n) is 14.6. The number of aromatic carboxylic acids is 2. The van der Waals surface area contributed by atoms with Crippen LogP contribution in [0.3, 0.4) is 0 Å². The molecule has 3 aromatic carbocycles. The molecule has 11 heteroatoms. The van der Waals surface area contributed by atoms with Gasteiger partial charge in [0.05, 0.1) is 28.2 Å². The van der Waals surface area contributed by atoms with Crippen LogP contribution in [0.2, 0.25) is 0 Å². The fourth-order valence-electron chi connectivity index (χ4n) is 9.07. The van der Waals surface area contributed by atoms with Gasteiger partial charge in [-0.2, -0.15) is 0 Å². The summed E-state index contributed by atoms with van der Waals surface area (Å²) in [5, 5.41) is 28.5. The van der Waals surface area contributed by atoms with Crippen LogP contribution in [0.5, 0.6) is 0 Å². The van der Waals surface area contributed by atoms with Gasteiger partial charge in [0.25, 0.3) is 11.8 Å². The molecule has 4 bridgehead atoms. The van der Waals surface area contributed by atoms with Crippen molar-refractivity contribution in [2.45, 2.75) is 44.4 Å². The lowest BCUT2D eigenvalue weighted by Crippen LogP contribution is -2.51. The van der Waals surface area contributed by atoms with E-state index < -0.39 is 29.7 Å². The number of amides is 3. The van der Waals surface area contributed by atoms with Crippen LogP contribution in [0, 0.1) is 23.2 Å². The van der Waals surface area contributed by atoms with Crippen molar-refractivity contribution in [2.24, 2.45) is 30.2 Å². The van der Waals surface area contributed by atoms with Crippen molar-refractivity contribution in [3.8, 4) is 0 Å². The Labute approximate surface area is 289 Å². The zero-order valence-corrected chi connectivity index (χ0v) is 27.8. The van der Waals surface area contributed by atoms with E-state index in [0.29, 0.717) is 12.1 Å². The lowest BCUT2D eigenvalue weighted by atomic mass is 9.49. The molecule has 11 nitrogen and oxygen atoms in total. The summed E-state index contributed by atoms with van der Waals surface area (Å²) in [7, 11) is 1.86. The summed E-state index contributed by atoms with van der Waals surface area (Å²) in [5.74, 6) is -2.80. The molecule has 1 aromatic heterocycles. The third-order valence-corrected chi connectivity index (χ3v) is 11.0. The van der Waals surface area contributed by atoms with Crippen LogP contribution in [-0.2, 0) is 11.8 Å². The van der Waals surface area contributed by atoms with Gasteiger partial charge in [0.2, 0.25) is 5.91 Å². The Kier molecular flexibility index (Phi) is 8.67. The van der Waals surface area contributed by atoms with Crippen LogP contribution in [0.4, 0.5) is 5.69 Å². The minimum absolute atomic E-state index is 0.00769. The zero-order valence-electron chi connectivity index (χ0n) is 27.8. The molecule has 0 radical (unpaired) electrons. The first-order chi connectivity index (χ1) is 24.0. The third kappa shape index (κ3) is 6.59. The molecule has 50 heavy (non-hydrogen) atoms. The normalized spacial score (nSPS) is 22.5. The Morgan fingerprint density at radius 2 is 1.36 bits per heavy atom. The number of anilines is 1. The van der Waals surface area contributed by atoms with Crippen molar-refractivity contribution in [1.29, 1.82) is 0 Å². The number of aromatic nitrogens is 1. The lowest BCUT2D eigenvalue weighted by molar-refractivity contribution is -0.117. The summed E-state index contributed by atoms with van der Waals surface area (Å²) in [4.78, 5) is 64.8. The number of fused-ring (bicyclic) bond motifs is 1. The molecule has 0 spiro atoms. The standard InChI is InChI=1S/C39H40N4O7/c1-43-8-7-26-15-30(35(45)41-21-39-17-22-9-23(18-39)11-24(10-22)19-39)31(16-33(26)43)34(44)40-20-32(25-5-3-2-4-6-25)36(46)42-29-13-27(37(47)48)12-28(14-29)38(49)50/h2-8,12-16,22-24,32H,9-11,17-21H2,1H3,(H,40,44)(H,41,45)(H,42,46)(H,47,48)(H,49,50). The second kappa shape index (κ2) is 13.1. The number of aryl methyl sites for hydroxylation is 1. The lowest BCUT2D eigenvalue weighted by Gasteiger charge is -2.56. The average Bonchev–Trinajstić information content (AvgIpc) is 3.45. The van der Waals surface area contributed by atoms with E-state index in [1.54, 1.807) is 42.5 Å². The van der Waals surface area contributed by atoms with Gasteiger partial charge in [-0.25, -0.2) is 9.59 Å². The van der Waals surface area contributed by atoms with Crippen molar-refractivity contribution in [1.82, 2.24) is 15.2 Å². The van der Waals surface area contributed by atoms with E-state index in [-0.39, 0.29) is 45.8 Å². The van der Waals surface area contributed by atoms with E-state index in [2.05, 4.69) is 16.0 Å². The molecular weight excluding hydrogens is 636 g/mol. The Bertz CT molecular complexity index is 1950. The van der Waals surface area contributed by atoms with Crippen molar-refractivity contribution in [3.63, 3.8) is 0 Å². The molecule has 4 aromatic rings. The first kappa shape index (κ1) is 33.1. The number of benzene rings is 3. The molecule has 258 valence electrons. The number of carboxylic acid groups (broad SMARTS) is 2. The molecule has 5 N–H and O–H groups in total. The van der Waals surface area contributed by atoms with Crippen LogP contribution in [0.15, 0.2) is 72.9 Å². The van der Waals surface area contributed by atoms with Crippen molar-refractivity contribution >= 4 is 46.3 Å². The summed E-state index contributed by atoms with van der Waals surface area (Å²) in [6, 6.07) is 17.5. The molecule has 0 aliphatic heterocycles. The molecule has 1 heterocycles. The van der Waals surface area contributed by atoms with Gasteiger partial charge in [-0.3, -0.25) is 14.4 Å². The van der Waals surface area contributed by atoms with Crippen LogP contribution >= 0.6 is 0 Å². The maximum Gasteiger partial charge on any atom is 0.335 e. The highest BCUT2D eigenvalue weighted by Crippen LogP contribution is 2.59. The first-order valence-electron chi connectivity index (χ1n) is 17.1. The van der Waals surface area contributed by atoms with Gasteiger partial charge in [-0.15, -0.1) is 0 Å². The number of carbonyl (C=O) groups is 5. The summed E-state index contributed by atoms with van der Waals surface area (Å²) in [5.41, 5.74) is 1.32. The number of carboxylic acids is 2. The van der Waals surface area contributed by atoms with Crippen molar-refractivity contribution < 1.29 is 34.2 Å². The van der Waals surface area contributed by atoms with Crippen molar-refractivity contribution in [2.75, 3.05) is 18.4 Å². The van der Waals surface area contributed by atoms with Crippen LogP contribution in [0.25, 0.3) is 10.9 Å². The fraction of sp³-hybridized carbons (Fsp3) is 0.359. The highest BCUT2D eigenvalue weighted by Gasteiger charge is 2.50. The van der Waals surface area contributed by atoms with E-state index in [1.807, 2.05) is 23.9 Å². The highest BCUT2D eigenvalue weighted by molar-refractivity contribution is 6.10. The van der Waals surface area contributed by atoms with E-state index in [9.17, 15) is 34.2 Å². The third-order valence-electron chi connectivity index (χ3n) is 11.0. The molecule has 4 aliphatic rings. The van der Waals surface area contributed by atoms with Gasteiger partial charge in [-0.05, 0) is 104 Å². The predicted molar refractivity (Wildman–Crippen MR) is 186 cm³/mol.